The van der Waals surface area contributed by atoms with E-state index in [2.05, 4.69) is 19.1 Å². The Labute approximate surface area is 225 Å². The fourth-order valence-corrected chi connectivity index (χ4v) is 3.86. The molecule has 0 saturated heterocycles. The molecule has 0 N–H and O–H groups in total. The summed E-state index contributed by atoms with van der Waals surface area (Å²) in [7, 11) is 5.35. The Kier molecular flexibility index (Phi) is 20.9. The van der Waals surface area contributed by atoms with Crippen LogP contribution in [0.25, 0.3) is 0 Å². The number of likely N-dealkylation sites (N-methyl/N-ethyl adjacent to an activating group) is 1. The SMILES string of the molecule is CCCCC/C=C\CCCCCCCC(=O)OC(COCCC(C(=O)[O-])[N+](C)(C)C)COC(=O)CCC. The van der Waals surface area contributed by atoms with E-state index >= 15 is 0 Å². The number of quaternary nitrogens is 1. The first-order valence-electron chi connectivity index (χ1n) is 14.2. The normalized spacial score (nSPS) is 13.4. The first-order chi connectivity index (χ1) is 17.6. The lowest BCUT2D eigenvalue weighted by Gasteiger charge is -2.34. The number of unbranched alkanes of at least 4 members (excludes halogenated alkanes) is 8. The molecule has 0 aromatic carbocycles. The molecular weight excluding hydrogens is 474 g/mol. The summed E-state index contributed by atoms with van der Waals surface area (Å²) in [6.07, 6.45) is 16.6. The van der Waals surface area contributed by atoms with Gasteiger partial charge < -0.3 is 28.6 Å². The second-order valence-corrected chi connectivity index (χ2v) is 10.6. The predicted molar refractivity (Wildman–Crippen MR) is 144 cm³/mol. The molecule has 8 nitrogen and oxygen atoms in total. The summed E-state index contributed by atoms with van der Waals surface area (Å²) < 4.78 is 16.6. The van der Waals surface area contributed by atoms with Crippen LogP contribution in [0.15, 0.2) is 12.2 Å². The number of hydrogen-bond acceptors (Lipinski definition) is 7. The summed E-state index contributed by atoms with van der Waals surface area (Å²) in [6.45, 7) is 4.23. The van der Waals surface area contributed by atoms with Crippen LogP contribution in [-0.4, -0.2) is 75.5 Å². The van der Waals surface area contributed by atoms with Crippen LogP contribution >= 0.6 is 0 Å². The van der Waals surface area contributed by atoms with Crippen molar-refractivity contribution in [3.8, 4) is 0 Å². The van der Waals surface area contributed by atoms with Gasteiger partial charge in [-0.1, -0.05) is 58.1 Å². The molecule has 0 heterocycles. The van der Waals surface area contributed by atoms with Crippen molar-refractivity contribution in [3.05, 3.63) is 12.2 Å². The van der Waals surface area contributed by atoms with Gasteiger partial charge in [-0.15, -0.1) is 0 Å². The lowest BCUT2D eigenvalue weighted by Crippen LogP contribution is -2.55. The summed E-state index contributed by atoms with van der Waals surface area (Å²) >= 11 is 0. The van der Waals surface area contributed by atoms with Crippen molar-refractivity contribution in [3.63, 3.8) is 0 Å². The van der Waals surface area contributed by atoms with Crippen LogP contribution in [0.4, 0.5) is 0 Å². The van der Waals surface area contributed by atoms with Crippen molar-refractivity contribution in [2.24, 2.45) is 0 Å². The highest BCUT2D eigenvalue weighted by atomic mass is 16.6. The van der Waals surface area contributed by atoms with Crippen LogP contribution in [0.5, 0.6) is 0 Å². The van der Waals surface area contributed by atoms with Gasteiger partial charge >= 0.3 is 11.9 Å². The average Bonchev–Trinajstić information content (AvgIpc) is 2.82. The zero-order chi connectivity index (χ0) is 27.9. The minimum absolute atomic E-state index is 0.0357. The highest BCUT2D eigenvalue weighted by Crippen LogP contribution is 2.11. The molecule has 8 heteroatoms. The quantitative estimate of drug-likeness (QED) is 0.0796. The summed E-state index contributed by atoms with van der Waals surface area (Å²) in [4.78, 5) is 35.5. The summed E-state index contributed by atoms with van der Waals surface area (Å²) in [6, 6.07) is -0.717. The Morgan fingerprint density at radius 3 is 2.00 bits per heavy atom. The Balaban J connectivity index is 4.31. The zero-order valence-corrected chi connectivity index (χ0v) is 24.1. The van der Waals surface area contributed by atoms with Crippen LogP contribution < -0.4 is 5.11 Å². The number of esters is 2. The molecule has 0 saturated carbocycles. The standard InChI is InChI=1S/C29H53NO7/c1-6-8-9-10-11-12-13-14-15-16-17-18-20-28(32)37-25(24-36-27(31)19-7-2)23-35-22-21-26(29(33)34)30(3,4)5/h11-12,25-26H,6-10,13-24H2,1-5H3/b12-11-. The van der Waals surface area contributed by atoms with Gasteiger partial charge in [-0.3, -0.25) is 9.59 Å². The molecule has 0 radical (unpaired) electrons. The Bertz CT molecular complexity index is 643. The maximum absolute atomic E-state index is 12.4. The van der Waals surface area contributed by atoms with Gasteiger partial charge in [0.1, 0.15) is 12.6 Å². The fraction of sp³-hybridized carbons (Fsp3) is 0.828. The molecule has 0 aliphatic rings. The second kappa shape index (κ2) is 22.1. The smallest absolute Gasteiger partial charge is 0.306 e. The highest BCUT2D eigenvalue weighted by Gasteiger charge is 2.25. The third kappa shape index (κ3) is 20.8. The largest absolute Gasteiger partial charge is 0.544 e. The number of ether oxygens (including phenoxy) is 3. The molecule has 2 atom stereocenters. The molecule has 2 unspecified atom stereocenters. The monoisotopic (exact) mass is 527 g/mol. The van der Waals surface area contributed by atoms with E-state index in [-0.39, 0.29) is 42.7 Å². The van der Waals surface area contributed by atoms with Crippen LogP contribution in [0.1, 0.15) is 104 Å². The molecule has 0 amide bonds. The van der Waals surface area contributed by atoms with E-state index < -0.39 is 18.1 Å². The first kappa shape index (κ1) is 35.1. The predicted octanol–water partition coefficient (Wildman–Crippen LogP) is 4.34. The Morgan fingerprint density at radius 1 is 0.784 bits per heavy atom. The maximum Gasteiger partial charge on any atom is 0.306 e. The van der Waals surface area contributed by atoms with Gasteiger partial charge in [-0.25, -0.2) is 0 Å². The van der Waals surface area contributed by atoms with Crippen molar-refractivity contribution < 1.29 is 38.2 Å². The highest BCUT2D eigenvalue weighted by molar-refractivity contribution is 5.70. The Morgan fingerprint density at radius 2 is 1.41 bits per heavy atom. The van der Waals surface area contributed by atoms with Gasteiger partial charge in [0.05, 0.1) is 40.3 Å². The number of carboxylic acid groups (broad SMARTS) is 1. The number of aliphatic carboxylic acids is 1. The van der Waals surface area contributed by atoms with Crippen molar-refractivity contribution in [2.75, 3.05) is 41.0 Å². The third-order valence-electron chi connectivity index (χ3n) is 6.12. The molecular formula is C29H53NO7. The van der Waals surface area contributed by atoms with Crippen LogP contribution in [0.2, 0.25) is 0 Å². The van der Waals surface area contributed by atoms with Crippen molar-refractivity contribution >= 4 is 17.9 Å². The van der Waals surface area contributed by atoms with Gasteiger partial charge in [-0.2, -0.15) is 0 Å². The molecule has 0 aliphatic heterocycles. The molecule has 0 rings (SSSR count). The van der Waals surface area contributed by atoms with E-state index in [4.69, 9.17) is 14.2 Å². The van der Waals surface area contributed by atoms with E-state index in [0.29, 0.717) is 19.3 Å². The van der Waals surface area contributed by atoms with Crippen LogP contribution in [0.3, 0.4) is 0 Å². The minimum Gasteiger partial charge on any atom is -0.544 e. The number of rotatable bonds is 24. The first-order valence-corrected chi connectivity index (χ1v) is 14.2. The van der Waals surface area contributed by atoms with Crippen molar-refractivity contribution in [2.45, 2.75) is 116 Å². The lowest BCUT2D eigenvalue weighted by molar-refractivity contribution is -0.889. The second-order valence-electron chi connectivity index (χ2n) is 10.6. The molecule has 0 aromatic heterocycles. The zero-order valence-electron chi connectivity index (χ0n) is 24.1. The fourth-order valence-electron chi connectivity index (χ4n) is 3.86. The van der Waals surface area contributed by atoms with Gasteiger partial charge in [0.25, 0.3) is 0 Å². The third-order valence-corrected chi connectivity index (χ3v) is 6.12. The van der Waals surface area contributed by atoms with E-state index in [1.54, 1.807) is 21.1 Å². The van der Waals surface area contributed by atoms with E-state index in [0.717, 1.165) is 32.1 Å². The van der Waals surface area contributed by atoms with Crippen LogP contribution in [0, 0.1) is 0 Å². The summed E-state index contributed by atoms with van der Waals surface area (Å²) in [5.41, 5.74) is 0. The van der Waals surface area contributed by atoms with Crippen molar-refractivity contribution in [1.29, 1.82) is 0 Å². The maximum atomic E-state index is 12.4. The van der Waals surface area contributed by atoms with Crippen molar-refractivity contribution in [1.82, 2.24) is 0 Å². The minimum atomic E-state index is -1.13. The number of carbonyl (C=O) groups is 3. The molecule has 0 aliphatic carbocycles. The van der Waals surface area contributed by atoms with Gasteiger partial charge in [-0.05, 0) is 38.5 Å². The van der Waals surface area contributed by atoms with E-state index in [1.165, 1.54) is 32.1 Å². The van der Waals surface area contributed by atoms with E-state index in [9.17, 15) is 19.5 Å². The van der Waals surface area contributed by atoms with Gasteiger partial charge in [0.15, 0.2) is 6.10 Å². The summed E-state index contributed by atoms with van der Waals surface area (Å²) in [5.74, 6) is -1.82. The number of hydrogen-bond donors (Lipinski definition) is 0. The Hall–Kier alpha value is -1.93. The number of nitrogens with zero attached hydrogens (tertiary/aromatic N) is 1. The topological polar surface area (TPSA) is 102 Å². The van der Waals surface area contributed by atoms with Gasteiger partial charge in [0, 0.05) is 19.3 Å². The average molecular weight is 528 g/mol. The molecule has 0 spiro atoms. The molecule has 0 aromatic rings. The molecule has 0 bridgehead atoms. The van der Waals surface area contributed by atoms with E-state index in [1.807, 2.05) is 6.92 Å². The summed E-state index contributed by atoms with van der Waals surface area (Å²) in [5, 5.41) is 11.4. The molecule has 0 fully saturated rings. The number of allylic oxidation sites excluding steroid dienone is 2. The lowest BCUT2D eigenvalue weighted by atomic mass is 10.1. The van der Waals surface area contributed by atoms with Gasteiger partial charge in [0.2, 0.25) is 0 Å². The molecule has 216 valence electrons. The van der Waals surface area contributed by atoms with Crippen LogP contribution in [-0.2, 0) is 28.6 Å². The number of carboxylic acids is 1. The number of carbonyl (C=O) groups excluding carboxylic acids is 3. The molecule has 37 heavy (non-hydrogen) atoms.